The molecule has 0 aliphatic carbocycles. The van der Waals surface area contributed by atoms with E-state index < -0.39 is 0 Å². The molecule has 0 spiro atoms. The van der Waals surface area contributed by atoms with Crippen molar-refractivity contribution in [1.82, 2.24) is 0 Å². The molecule has 1 nitrogen and oxygen atoms in total. The van der Waals surface area contributed by atoms with Crippen LogP contribution in [0.1, 0.15) is 0 Å². The van der Waals surface area contributed by atoms with Crippen molar-refractivity contribution < 1.29 is 0 Å². The number of benzene rings is 9. The Labute approximate surface area is 327 Å². The summed E-state index contributed by atoms with van der Waals surface area (Å²) in [5.41, 5.74) is 10.7. The molecule has 9 aromatic carbocycles. The van der Waals surface area contributed by atoms with Gasteiger partial charge in [-0.25, -0.2) is 0 Å². The van der Waals surface area contributed by atoms with Crippen molar-refractivity contribution >= 4 is 90.9 Å². The summed E-state index contributed by atoms with van der Waals surface area (Å²) in [6.45, 7) is 0. The Balaban J connectivity index is 1.07. The average molecular weight is 736 g/mol. The molecule has 0 radical (unpaired) electrons. The van der Waals surface area contributed by atoms with Gasteiger partial charge in [0.25, 0.3) is 0 Å². The van der Waals surface area contributed by atoms with Crippen LogP contribution in [0.4, 0.5) is 17.1 Å². The SMILES string of the molecule is c1cc(-c2ccc(-c3ccc4ccccc4c3)cc2)cc(N(c2ccccc2-c2ccc3c(c2)sc2ccccc23)c2cccc3sc4ccccc4c23)c1. The first-order valence-corrected chi connectivity index (χ1v) is 20.3. The van der Waals surface area contributed by atoms with Gasteiger partial charge in [-0.05, 0) is 93.2 Å². The molecule has 0 aliphatic rings. The zero-order chi connectivity index (χ0) is 36.3. The van der Waals surface area contributed by atoms with Gasteiger partial charge in [0.2, 0.25) is 0 Å². The number of fused-ring (bicyclic) bond motifs is 7. The molecule has 55 heavy (non-hydrogen) atoms. The number of hydrogen-bond acceptors (Lipinski definition) is 3. The summed E-state index contributed by atoms with van der Waals surface area (Å²) in [4.78, 5) is 2.49. The Hall–Kier alpha value is -6.52. The van der Waals surface area contributed by atoms with Crippen LogP contribution in [0.5, 0.6) is 0 Å². The Kier molecular flexibility index (Phi) is 7.61. The van der Waals surface area contributed by atoms with Gasteiger partial charge in [0.05, 0.1) is 11.4 Å². The van der Waals surface area contributed by atoms with Gasteiger partial charge < -0.3 is 4.90 Å². The van der Waals surface area contributed by atoms with Crippen LogP contribution in [-0.4, -0.2) is 0 Å². The third-order valence-corrected chi connectivity index (χ3v) is 13.1. The second kappa shape index (κ2) is 13.1. The zero-order valence-electron chi connectivity index (χ0n) is 29.8. The molecule has 11 aromatic rings. The highest BCUT2D eigenvalue weighted by Crippen LogP contribution is 2.48. The van der Waals surface area contributed by atoms with Gasteiger partial charge in [0, 0.05) is 51.6 Å². The van der Waals surface area contributed by atoms with Crippen molar-refractivity contribution in [3.05, 3.63) is 200 Å². The molecule has 0 fully saturated rings. The summed E-state index contributed by atoms with van der Waals surface area (Å²) in [6, 6.07) is 73.5. The van der Waals surface area contributed by atoms with E-state index in [1.165, 1.54) is 90.2 Å². The topological polar surface area (TPSA) is 3.24 Å². The van der Waals surface area contributed by atoms with Crippen LogP contribution in [0.15, 0.2) is 200 Å². The van der Waals surface area contributed by atoms with Crippen LogP contribution in [0.3, 0.4) is 0 Å². The number of para-hydroxylation sites is 1. The summed E-state index contributed by atoms with van der Waals surface area (Å²) in [7, 11) is 0. The summed E-state index contributed by atoms with van der Waals surface area (Å²) in [6.07, 6.45) is 0. The van der Waals surface area contributed by atoms with E-state index in [4.69, 9.17) is 0 Å². The number of nitrogens with zero attached hydrogens (tertiary/aromatic N) is 1. The standard InChI is InChI=1S/C52H33NS2/c1-2-12-37-31-39(28-27-34(37)11-1)36-25-23-35(24-26-36)38-13-9-14-41(32-38)53(47-19-10-22-50-52(47)45-17-5-8-21-49(45)54-50)46-18-6-3-15-42(46)40-29-30-44-43-16-4-7-20-48(43)55-51(44)33-40/h1-33H. The van der Waals surface area contributed by atoms with E-state index in [9.17, 15) is 0 Å². The van der Waals surface area contributed by atoms with E-state index >= 15 is 0 Å². The molecule has 0 aliphatic heterocycles. The maximum Gasteiger partial charge on any atom is 0.0555 e. The van der Waals surface area contributed by atoms with Gasteiger partial charge in [-0.2, -0.15) is 0 Å². The monoisotopic (exact) mass is 735 g/mol. The van der Waals surface area contributed by atoms with Crippen molar-refractivity contribution in [1.29, 1.82) is 0 Å². The number of rotatable bonds is 6. The van der Waals surface area contributed by atoms with Crippen molar-refractivity contribution in [2.45, 2.75) is 0 Å². The minimum Gasteiger partial charge on any atom is -0.309 e. The molecule has 0 saturated carbocycles. The van der Waals surface area contributed by atoms with E-state index in [0.29, 0.717) is 0 Å². The Morgan fingerprint density at radius 2 is 0.891 bits per heavy atom. The molecular formula is C52H33NS2. The highest BCUT2D eigenvalue weighted by molar-refractivity contribution is 7.26. The fraction of sp³-hybridized carbons (Fsp3) is 0. The molecule has 258 valence electrons. The molecule has 3 heteroatoms. The van der Waals surface area contributed by atoms with Gasteiger partial charge in [-0.15, -0.1) is 22.7 Å². The Morgan fingerprint density at radius 1 is 0.309 bits per heavy atom. The van der Waals surface area contributed by atoms with Crippen LogP contribution in [0.25, 0.3) is 84.5 Å². The molecule has 0 bridgehead atoms. The Bertz CT molecular complexity index is 3220. The van der Waals surface area contributed by atoms with Gasteiger partial charge in [-0.3, -0.25) is 0 Å². The van der Waals surface area contributed by atoms with Crippen molar-refractivity contribution in [3.8, 4) is 33.4 Å². The zero-order valence-corrected chi connectivity index (χ0v) is 31.4. The van der Waals surface area contributed by atoms with Crippen LogP contribution in [-0.2, 0) is 0 Å². The smallest absolute Gasteiger partial charge is 0.0555 e. The molecule has 11 rings (SSSR count). The van der Waals surface area contributed by atoms with E-state index in [-0.39, 0.29) is 0 Å². The van der Waals surface area contributed by atoms with Crippen LogP contribution in [0, 0.1) is 0 Å². The third kappa shape index (κ3) is 5.51. The second-order valence-electron chi connectivity index (χ2n) is 14.1. The summed E-state index contributed by atoms with van der Waals surface area (Å²) in [5, 5.41) is 7.72. The maximum atomic E-state index is 2.49. The molecule has 0 unspecified atom stereocenters. The number of anilines is 3. The summed E-state index contributed by atoms with van der Waals surface area (Å²) >= 11 is 3.73. The van der Waals surface area contributed by atoms with Gasteiger partial charge in [0.1, 0.15) is 0 Å². The number of hydrogen-bond donors (Lipinski definition) is 0. The van der Waals surface area contributed by atoms with Gasteiger partial charge in [0.15, 0.2) is 0 Å². The lowest BCUT2D eigenvalue weighted by molar-refractivity contribution is 1.30. The largest absolute Gasteiger partial charge is 0.309 e. The predicted octanol–water partition coefficient (Wildman–Crippen LogP) is 16.0. The highest BCUT2D eigenvalue weighted by atomic mass is 32.1. The van der Waals surface area contributed by atoms with Crippen molar-refractivity contribution in [3.63, 3.8) is 0 Å². The predicted molar refractivity (Wildman–Crippen MR) is 241 cm³/mol. The molecule has 0 saturated heterocycles. The van der Waals surface area contributed by atoms with Crippen LogP contribution < -0.4 is 4.90 Å². The fourth-order valence-electron chi connectivity index (χ4n) is 8.20. The lowest BCUT2D eigenvalue weighted by atomic mass is 9.97. The minimum absolute atomic E-state index is 1.12. The average Bonchev–Trinajstić information content (AvgIpc) is 3.82. The van der Waals surface area contributed by atoms with E-state index in [0.717, 1.165) is 11.4 Å². The first kappa shape index (κ1) is 32.0. The highest BCUT2D eigenvalue weighted by Gasteiger charge is 2.22. The van der Waals surface area contributed by atoms with Crippen molar-refractivity contribution in [2.75, 3.05) is 4.90 Å². The molecule has 0 atom stereocenters. The second-order valence-corrected chi connectivity index (χ2v) is 16.3. The van der Waals surface area contributed by atoms with Crippen LogP contribution in [0.2, 0.25) is 0 Å². The normalized spacial score (nSPS) is 11.6. The molecule has 0 amide bonds. The van der Waals surface area contributed by atoms with Crippen LogP contribution >= 0.6 is 22.7 Å². The molecule has 2 heterocycles. The number of thiophene rings is 2. The minimum atomic E-state index is 1.12. The van der Waals surface area contributed by atoms with Gasteiger partial charge in [-0.1, -0.05) is 146 Å². The fourth-order valence-corrected chi connectivity index (χ4v) is 10.5. The van der Waals surface area contributed by atoms with E-state index in [1.54, 1.807) is 0 Å². The maximum absolute atomic E-state index is 2.49. The molecule has 0 N–H and O–H groups in total. The van der Waals surface area contributed by atoms with E-state index in [2.05, 4.69) is 205 Å². The first-order chi connectivity index (χ1) is 27.2. The third-order valence-electron chi connectivity index (χ3n) is 10.9. The molecule has 2 aromatic heterocycles. The van der Waals surface area contributed by atoms with E-state index in [1.807, 2.05) is 22.7 Å². The molecular weight excluding hydrogens is 703 g/mol. The van der Waals surface area contributed by atoms with Crippen molar-refractivity contribution in [2.24, 2.45) is 0 Å². The van der Waals surface area contributed by atoms with Gasteiger partial charge >= 0.3 is 0 Å². The lowest BCUT2D eigenvalue weighted by Crippen LogP contribution is -2.11. The first-order valence-electron chi connectivity index (χ1n) is 18.7. The Morgan fingerprint density at radius 3 is 1.75 bits per heavy atom. The summed E-state index contributed by atoms with van der Waals surface area (Å²) in [5.74, 6) is 0. The lowest BCUT2D eigenvalue weighted by Gasteiger charge is -2.29. The summed E-state index contributed by atoms with van der Waals surface area (Å²) < 4.78 is 5.21. The quantitative estimate of drug-likeness (QED) is 0.164.